The molecular weight excluding hydrogens is 342 g/mol. The third kappa shape index (κ3) is 3.51. The predicted octanol–water partition coefficient (Wildman–Crippen LogP) is 5.08. The molecule has 0 bridgehead atoms. The Labute approximate surface area is 168 Å². The van der Waals surface area contributed by atoms with Crippen molar-refractivity contribution in [1.29, 1.82) is 0 Å². The molecule has 3 heteroatoms. The van der Waals surface area contributed by atoms with Crippen molar-refractivity contribution >= 4 is 16.6 Å². The maximum Gasteiger partial charge on any atom is 0.136 e. The van der Waals surface area contributed by atoms with Crippen molar-refractivity contribution in [3.63, 3.8) is 0 Å². The van der Waals surface area contributed by atoms with Gasteiger partial charge in [-0.05, 0) is 48.6 Å². The van der Waals surface area contributed by atoms with Gasteiger partial charge in [-0.15, -0.1) is 0 Å². The Kier molecular flexibility index (Phi) is 5.01. The zero-order valence-electron chi connectivity index (χ0n) is 16.5. The van der Waals surface area contributed by atoms with E-state index in [0.29, 0.717) is 0 Å². The number of hydrogen-bond acceptors (Lipinski definition) is 3. The van der Waals surface area contributed by atoms with Gasteiger partial charge in [0.1, 0.15) is 5.82 Å². The zero-order chi connectivity index (χ0) is 18.8. The molecule has 0 atom stereocenters. The first kappa shape index (κ1) is 17.7. The van der Waals surface area contributed by atoms with E-state index in [-0.39, 0.29) is 0 Å². The number of piperazine rings is 1. The van der Waals surface area contributed by atoms with Crippen molar-refractivity contribution in [2.75, 3.05) is 31.1 Å². The van der Waals surface area contributed by atoms with Crippen LogP contribution in [0.15, 0.2) is 66.9 Å². The highest BCUT2D eigenvalue weighted by Crippen LogP contribution is 2.35. The molecule has 0 unspecified atom stereocenters. The molecule has 0 N–H and O–H groups in total. The minimum Gasteiger partial charge on any atom is -0.354 e. The molecule has 2 heterocycles. The molecule has 2 aliphatic rings. The summed E-state index contributed by atoms with van der Waals surface area (Å²) in [5, 5.41) is 2.57. The minimum absolute atomic E-state index is 0.763. The van der Waals surface area contributed by atoms with Crippen molar-refractivity contribution in [3.05, 3.63) is 72.4 Å². The maximum atomic E-state index is 4.72. The van der Waals surface area contributed by atoms with E-state index in [9.17, 15) is 0 Å². The van der Waals surface area contributed by atoms with Crippen molar-refractivity contribution in [2.45, 2.75) is 37.6 Å². The zero-order valence-corrected chi connectivity index (χ0v) is 16.5. The van der Waals surface area contributed by atoms with Crippen LogP contribution in [0.5, 0.6) is 0 Å². The third-order valence-corrected chi connectivity index (χ3v) is 6.75. The summed E-state index contributed by atoms with van der Waals surface area (Å²) in [6.07, 6.45) is 7.30. The highest BCUT2D eigenvalue weighted by molar-refractivity contribution is 5.92. The van der Waals surface area contributed by atoms with Gasteiger partial charge < -0.3 is 4.90 Å². The SMILES string of the molecule is c1ccc([C@H]2CC[C@@H](N3CCN(c4nccc5ccccc45)CC3)CC2)cc1. The molecule has 1 aliphatic heterocycles. The largest absolute Gasteiger partial charge is 0.354 e. The van der Waals surface area contributed by atoms with E-state index in [2.05, 4.69) is 70.5 Å². The molecule has 5 rings (SSSR count). The molecule has 0 radical (unpaired) electrons. The average Bonchev–Trinajstić information content (AvgIpc) is 2.80. The number of hydrogen-bond donors (Lipinski definition) is 0. The fourth-order valence-electron chi connectivity index (χ4n) is 5.15. The maximum absolute atomic E-state index is 4.72. The molecule has 28 heavy (non-hydrogen) atoms. The second-order valence-corrected chi connectivity index (χ2v) is 8.29. The Morgan fingerprint density at radius 3 is 2.21 bits per heavy atom. The van der Waals surface area contributed by atoms with Crippen LogP contribution in [-0.4, -0.2) is 42.1 Å². The summed E-state index contributed by atoms with van der Waals surface area (Å²) in [5.74, 6) is 1.92. The van der Waals surface area contributed by atoms with Crippen LogP contribution in [0.4, 0.5) is 5.82 Å². The van der Waals surface area contributed by atoms with Crippen LogP contribution in [-0.2, 0) is 0 Å². The molecule has 2 fully saturated rings. The van der Waals surface area contributed by atoms with Crippen LogP contribution >= 0.6 is 0 Å². The van der Waals surface area contributed by atoms with Crippen LogP contribution in [0, 0.1) is 0 Å². The molecule has 3 nitrogen and oxygen atoms in total. The molecule has 0 amide bonds. The van der Waals surface area contributed by atoms with E-state index in [1.807, 2.05) is 6.20 Å². The van der Waals surface area contributed by atoms with Crippen molar-refractivity contribution in [1.82, 2.24) is 9.88 Å². The van der Waals surface area contributed by atoms with Crippen LogP contribution < -0.4 is 4.90 Å². The van der Waals surface area contributed by atoms with Gasteiger partial charge in [0, 0.05) is 43.8 Å². The standard InChI is InChI=1S/C25H29N3/c1-2-6-20(7-3-1)21-10-12-23(13-11-21)27-16-18-28(19-17-27)25-24-9-5-4-8-22(24)14-15-26-25/h1-9,14-15,21,23H,10-13,16-19H2/t21-,23+. The first-order chi connectivity index (χ1) is 13.9. The summed E-state index contributed by atoms with van der Waals surface area (Å²) in [5.41, 5.74) is 1.53. The summed E-state index contributed by atoms with van der Waals surface area (Å²) in [6.45, 7) is 4.48. The molecular formula is C25H29N3. The van der Waals surface area contributed by atoms with Gasteiger partial charge >= 0.3 is 0 Å². The lowest BCUT2D eigenvalue weighted by Crippen LogP contribution is -2.51. The van der Waals surface area contributed by atoms with Crippen LogP contribution in [0.3, 0.4) is 0 Å². The second-order valence-electron chi connectivity index (χ2n) is 8.29. The molecule has 1 aliphatic carbocycles. The van der Waals surface area contributed by atoms with E-state index in [4.69, 9.17) is 4.98 Å². The fourth-order valence-corrected chi connectivity index (χ4v) is 5.15. The predicted molar refractivity (Wildman–Crippen MR) is 117 cm³/mol. The van der Waals surface area contributed by atoms with Gasteiger partial charge in [-0.25, -0.2) is 4.98 Å². The van der Waals surface area contributed by atoms with Crippen molar-refractivity contribution in [3.8, 4) is 0 Å². The Bertz CT molecular complexity index is 902. The third-order valence-electron chi connectivity index (χ3n) is 6.75. The van der Waals surface area contributed by atoms with Crippen molar-refractivity contribution in [2.24, 2.45) is 0 Å². The summed E-state index contributed by atoms with van der Waals surface area (Å²) < 4.78 is 0. The van der Waals surface area contributed by atoms with Crippen LogP contribution in [0.1, 0.15) is 37.2 Å². The van der Waals surface area contributed by atoms with E-state index in [1.165, 1.54) is 42.0 Å². The number of nitrogens with zero attached hydrogens (tertiary/aromatic N) is 3. The van der Waals surface area contributed by atoms with Gasteiger partial charge in [0.25, 0.3) is 0 Å². The monoisotopic (exact) mass is 371 g/mol. The van der Waals surface area contributed by atoms with Gasteiger partial charge in [-0.1, -0.05) is 54.6 Å². The lowest BCUT2D eigenvalue weighted by atomic mass is 9.81. The number of pyridine rings is 1. The topological polar surface area (TPSA) is 19.4 Å². The normalized spacial score (nSPS) is 23.8. The van der Waals surface area contributed by atoms with E-state index in [1.54, 1.807) is 0 Å². The quantitative estimate of drug-likeness (QED) is 0.640. The van der Waals surface area contributed by atoms with Crippen LogP contribution in [0.25, 0.3) is 10.8 Å². The van der Waals surface area contributed by atoms with Gasteiger partial charge in [0.2, 0.25) is 0 Å². The highest BCUT2D eigenvalue weighted by atomic mass is 15.3. The summed E-state index contributed by atoms with van der Waals surface area (Å²) in [7, 11) is 0. The molecule has 1 aromatic heterocycles. The Hall–Kier alpha value is -2.39. The minimum atomic E-state index is 0.763. The molecule has 1 saturated carbocycles. The lowest BCUT2D eigenvalue weighted by Gasteiger charge is -2.42. The lowest BCUT2D eigenvalue weighted by molar-refractivity contribution is 0.141. The van der Waals surface area contributed by atoms with E-state index < -0.39 is 0 Å². The summed E-state index contributed by atoms with van der Waals surface area (Å²) in [4.78, 5) is 9.94. The highest BCUT2D eigenvalue weighted by Gasteiger charge is 2.29. The number of benzene rings is 2. The summed E-state index contributed by atoms with van der Waals surface area (Å²) in [6, 6.07) is 22.6. The number of anilines is 1. The van der Waals surface area contributed by atoms with Crippen LogP contribution in [0.2, 0.25) is 0 Å². The number of fused-ring (bicyclic) bond motifs is 1. The number of aromatic nitrogens is 1. The second kappa shape index (κ2) is 7.92. The van der Waals surface area contributed by atoms with Gasteiger partial charge in [0.05, 0.1) is 0 Å². The molecule has 144 valence electrons. The average molecular weight is 372 g/mol. The first-order valence-corrected chi connectivity index (χ1v) is 10.8. The Balaban J connectivity index is 1.20. The molecule has 2 aromatic carbocycles. The van der Waals surface area contributed by atoms with E-state index >= 15 is 0 Å². The van der Waals surface area contributed by atoms with Gasteiger partial charge in [0.15, 0.2) is 0 Å². The Morgan fingerprint density at radius 2 is 1.43 bits per heavy atom. The first-order valence-electron chi connectivity index (χ1n) is 10.8. The number of rotatable bonds is 3. The molecule has 3 aromatic rings. The fraction of sp³-hybridized carbons (Fsp3) is 0.400. The Morgan fingerprint density at radius 1 is 0.714 bits per heavy atom. The van der Waals surface area contributed by atoms with Gasteiger partial charge in [-0.3, -0.25) is 4.90 Å². The van der Waals surface area contributed by atoms with E-state index in [0.717, 1.165) is 44.0 Å². The molecule has 1 saturated heterocycles. The molecule has 0 spiro atoms. The smallest absolute Gasteiger partial charge is 0.136 e. The van der Waals surface area contributed by atoms with Crippen molar-refractivity contribution < 1.29 is 0 Å². The summed E-state index contributed by atoms with van der Waals surface area (Å²) >= 11 is 0. The van der Waals surface area contributed by atoms with Gasteiger partial charge in [-0.2, -0.15) is 0 Å².